The van der Waals surface area contributed by atoms with Gasteiger partial charge in [-0.2, -0.15) is 11.8 Å². The van der Waals surface area contributed by atoms with Crippen molar-refractivity contribution in [2.24, 2.45) is 0 Å². The molecule has 2 nitrogen and oxygen atoms in total. The van der Waals surface area contributed by atoms with Crippen LogP contribution in [0.15, 0.2) is 0 Å². The third kappa shape index (κ3) is 8.27. The molecular weight excluding hydrogens is 148 g/mol. The summed E-state index contributed by atoms with van der Waals surface area (Å²) in [7, 11) is 1.68. The highest BCUT2D eigenvalue weighted by molar-refractivity contribution is 7.99. The second kappa shape index (κ2) is 9.27. The Bertz CT molecular complexity index is 51.6. The molecule has 0 heterocycles. The van der Waals surface area contributed by atoms with Crippen LogP contribution < -0.4 is 0 Å². The Kier molecular flexibility index (Phi) is 9.52. The van der Waals surface area contributed by atoms with Gasteiger partial charge >= 0.3 is 0 Å². The van der Waals surface area contributed by atoms with Gasteiger partial charge in [-0.05, 0) is 5.75 Å². The standard InChI is InChI=1S/C7H16O2S/c1-3-10-7-6-9-5-4-8-2/h3-7H2,1-2H3. The molecule has 0 saturated heterocycles. The third-order valence-electron chi connectivity index (χ3n) is 1.01. The number of rotatable bonds is 7. The smallest absolute Gasteiger partial charge is 0.0700 e. The predicted molar refractivity (Wildman–Crippen MR) is 45.7 cm³/mol. The molecule has 3 heteroatoms. The van der Waals surface area contributed by atoms with E-state index >= 15 is 0 Å². The summed E-state index contributed by atoms with van der Waals surface area (Å²) in [5.74, 6) is 2.27. The summed E-state index contributed by atoms with van der Waals surface area (Å²) in [5.41, 5.74) is 0. The van der Waals surface area contributed by atoms with Gasteiger partial charge in [0, 0.05) is 12.9 Å². The Balaban J connectivity index is 2.65. The second-order valence-corrected chi connectivity index (χ2v) is 3.20. The molecule has 0 rings (SSSR count). The lowest BCUT2D eigenvalue weighted by Crippen LogP contribution is -2.04. The van der Waals surface area contributed by atoms with Gasteiger partial charge in [0.2, 0.25) is 0 Å². The van der Waals surface area contributed by atoms with Gasteiger partial charge in [0.1, 0.15) is 0 Å². The van der Waals surface area contributed by atoms with Crippen LogP contribution in [0.5, 0.6) is 0 Å². The van der Waals surface area contributed by atoms with Crippen LogP contribution in [0.4, 0.5) is 0 Å². The summed E-state index contributed by atoms with van der Waals surface area (Å²) in [4.78, 5) is 0. The zero-order valence-corrected chi connectivity index (χ0v) is 7.58. The van der Waals surface area contributed by atoms with Gasteiger partial charge in [0.25, 0.3) is 0 Å². The Labute approximate surface area is 67.3 Å². The summed E-state index contributed by atoms with van der Waals surface area (Å²) in [6.07, 6.45) is 0. The normalized spacial score (nSPS) is 10.2. The molecule has 0 spiro atoms. The van der Waals surface area contributed by atoms with Gasteiger partial charge in [0.15, 0.2) is 0 Å². The highest BCUT2D eigenvalue weighted by Crippen LogP contribution is 1.96. The molecule has 0 aromatic carbocycles. The molecule has 10 heavy (non-hydrogen) atoms. The van der Waals surface area contributed by atoms with Crippen molar-refractivity contribution in [1.82, 2.24) is 0 Å². The topological polar surface area (TPSA) is 18.5 Å². The van der Waals surface area contributed by atoms with E-state index in [1.54, 1.807) is 7.11 Å². The third-order valence-corrected chi connectivity index (χ3v) is 1.87. The zero-order chi connectivity index (χ0) is 7.66. The molecule has 62 valence electrons. The van der Waals surface area contributed by atoms with Crippen LogP contribution in [0.25, 0.3) is 0 Å². The molecule has 0 N–H and O–H groups in total. The molecule has 0 amide bonds. The van der Waals surface area contributed by atoms with Crippen molar-refractivity contribution >= 4 is 11.8 Å². The van der Waals surface area contributed by atoms with Gasteiger partial charge < -0.3 is 9.47 Å². The average Bonchev–Trinajstić information content (AvgIpc) is 1.97. The second-order valence-electron chi connectivity index (χ2n) is 1.80. The van der Waals surface area contributed by atoms with E-state index in [9.17, 15) is 0 Å². The highest BCUT2D eigenvalue weighted by Gasteiger charge is 1.86. The van der Waals surface area contributed by atoms with Crippen LogP contribution in [0.1, 0.15) is 6.92 Å². The summed E-state index contributed by atoms with van der Waals surface area (Å²) in [5, 5.41) is 0. The van der Waals surface area contributed by atoms with E-state index in [0.717, 1.165) is 19.0 Å². The number of ether oxygens (including phenoxy) is 2. The van der Waals surface area contributed by atoms with Crippen molar-refractivity contribution < 1.29 is 9.47 Å². The Morgan fingerprint density at radius 1 is 1.20 bits per heavy atom. The average molecular weight is 164 g/mol. The lowest BCUT2D eigenvalue weighted by molar-refractivity contribution is 0.0790. The Morgan fingerprint density at radius 3 is 2.60 bits per heavy atom. The fraction of sp³-hybridized carbons (Fsp3) is 1.00. The molecule has 0 atom stereocenters. The van der Waals surface area contributed by atoms with Crippen molar-refractivity contribution in [3.05, 3.63) is 0 Å². The first kappa shape index (κ1) is 10.3. The van der Waals surface area contributed by atoms with E-state index in [1.807, 2.05) is 11.8 Å². The highest BCUT2D eigenvalue weighted by atomic mass is 32.2. The maximum Gasteiger partial charge on any atom is 0.0700 e. The molecule has 0 radical (unpaired) electrons. The van der Waals surface area contributed by atoms with E-state index in [4.69, 9.17) is 9.47 Å². The van der Waals surface area contributed by atoms with Crippen LogP contribution in [-0.4, -0.2) is 38.4 Å². The largest absolute Gasteiger partial charge is 0.382 e. The molecule has 0 unspecified atom stereocenters. The molecule has 0 fully saturated rings. The Morgan fingerprint density at radius 2 is 2.00 bits per heavy atom. The van der Waals surface area contributed by atoms with Gasteiger partial charge in [-0.3, -0.25) is 0 Å². The molecule has 0 saturated carbocycles. The number of hydrogen-bond donors (Lipinski definition) is 0. The minimum Gasteiger partial charge on any atom is -0.382 e. The first-order valence-corrected chi connectivity index (χ1v) is 4.71. The monoisotopic (exact) mass is 164 g/mol. The van der Waals surface area contributed by atoms with Crippen molar-refractivity contribution in [2.45, 2.75) is 6.92 Å². The van der Waals surface area contributed by atoms with Crippen molar-refractivity contribution in [3.8, 4) is 0 Å². The minimum atomic E-state index is 0.705. The summed E-state index contributed by atoms with van der Waals surface area (Å²) >= 11 is 1.90. The van der Waals surface area contributed by atoms with E-state index in [1.165, 1.54) is 5.75 Å². The van der Waals surface area contributed by atoms with E-state index in [2.05, 4.69) is 6.92 Å². The van der Waals surface area contributed by atoms with Crippen LogP contribution in [0, 0.1) is 0 Å². The molecule has 0 aliphatic heterocycles. The molecular formula is C7H16O2S. The number of methoxy groups -OCH3 is 1. The molecule has 0 aliphatic carbocycles. The van der Waals surface area contributed by atoms with Crippen molar-refractivity contribution in [3.63, 3.8) is 0 Å². The SMILES string of the molecule is CCSCCOCCOC. The van der Waals surface area contributed by atoms with Gasteiger partial charge in [0.05, 0.1) is 19.8 Å². The van der Waals surface area contributed by atoms with E-state index in [-0.39, 0.29) is 0 Å². The quantitative estimate of drug-likeness (QED) is 0.530. The van der Waals surface area contributed by atoms with Gasteiger partial charge in [-0.1, -0.05) is 6.92 Å². The Hall–Kier alpha value is 0.270. The molecule has 0 aromatic heterocycles. The number of hydrogen-bond acceptors (Lipinski definition) is 3. The maximum absolute atomic E-state index is 5.23. The fourth-order valence-electron chi connectivity index (χ4n) is 0.507. The van der Waals surface area contributed by atoms with Crippen molar-refractivity contribution in [1.29, 1.82) is 0 Å². The first-order chi connectivity index (χ1) is 4.91. The maximum atomic E-state index is 5.23. The fourth-order valence-corrected chi connectivity index (χ4v) is 1.03. The van der Waals surface area contributed by atoms with Crippen LogP contribution in [0.3, 0.4) is 0 Å². The lowest BCUT2D eigenvalue weighted by atomic mass is 10.7. The van der Waals surface area contributed by atoms with Crippen LogP contribution in [0.2, 0.25) is 0 Å². The zero-order valence-electron chi connectivity index (χ0n) is 6.76. The van der Waals surface area contributed by atoms with Crippen LogP contribution in [-0.2, 0) is 9.47 Å². The van der Waals surface area contributed by atoms with Gasteiger partial charge in [-0.25, -0.2) is 0 Å². The van der Waals surface area contributed by atoms with Gasteiger partial charge in [-0.15, -0.1) is 0 Å². The predicted octanol–water partition coefficient (Wildman–Crippen LogP) is 1.40. The van der Waals surface area contributed by atoms with E-state index in [0.29, 0.717) is 6.61 Å². The van der Waals surface area contributed by atoms with E-state index < -0.39 is 0 Å². The van der Waals surface area contributed by atoms with Crippen molar-refractivity contribution in [2.75, 3.05) is 38.4 Å². The molecule has 0 bridgehead atoms. The minimum absolute atomic E-state index is 0.705. The lowest BCUT2D eigenvalue weighted by Gasteiger charge is -2.01. The summed E-state index contributed by atoms with van der Waals surface area (Å²) < 4.78 is 10.0. The van der Waals surface area contributed by atoms with Crippen LogP contribution >= 0.6 is 11.8 Å². The summed E-state index contributed by atoms with van der Waals surface area (Å²) in [6, 6.07) is 0. The molecule has 0 aromatic rings. The first-order valence-electron chi connectivity index (χ1n) is 3.56. The molecule has 0 aliphatic rings. The number of thioether (sulfide) groups is 1. The summed E-state index contributed by atoms with van der Waals surface area (Å²) in [6.45, 7) is 4.43.